The molecule has 2 heterocycles. The highest BCUT2D eigenvalue weighted by Crippen LogP contribution is 2.26. The number of carbonyl (C=O) groups excluding carboxylic acids is 1. The summed E-state index contributed by atoms with van der Waals surface area (Å²) in [6.45, 7) is 3.55. The molecule has 3 rings (SSSR count). The summed E-state index contributed by atoms with van der Waals surface area (Å²) < 4.78 is 28.6. The summed E-state index contributed by atoms with van der Waals surface area (Å²) in [7, 11) is -3.06. The van der Waals surface area contributed by atoms with Gasteiger partial charge in [-0.05, 0) is 44.5 Å². The van der Waals surface area contributed by atoms with Crippen molar-refractivity contribution in [2.45, 2.75) is 25.8 Å². The number of aromatic nitrogens is 1. The van der Waals surface area contributed by atoms with Crippen LogP contribution in [0.5, 0.6) is 5.75 Å². The molecule has 0 spiro atoms. The van der Waals surface area contributed by atoms with E-state index in [4.69, 9.17) is 4.74 Å². The van der Waals surface area contributed by atoms with Crippen molar-refractivity contribution in [3.63, 3.8) is 0 Å². The van der Waals surface area contributed by atoms with E-state index in [1.807, 2.05) is 24.4 Å². The first-order chi connectivity index (χ1) is 11.7. The van der Waals surface area contributed by atoms with Gasteiger partial charge in [0.2, 0.25) is 0 Å². The van der Waals surface area contributed by atoms with E-state index in [1.54, 1.807) is 30.4 Å². The molecular weight excluding hydrogens is 360 g/mol. The number of thiazole rings is 1. The van der Waals surface area contributed by atoms with Crippen molar-refractivity contribution >= 4 is 27.1 Å². The minimum atomic E-state index is -3.06. The first-order valence-corrected chi connectivity index (χ1v) is 10.6. The van der Waals surface area contributed by atoms with E-state index in [-0.39, 0.29) is 24.0 Å². The number of hydrogen-bond donors (Lipinski definition) is 1. The van der Waals surface area contributed by atoms with Crippen LogP contribution < -0.4 is 10.1 Å². The summed E-state index contributed by atoms with van der Waals surface area (Å²) in [6, 6.07) is 7.38. The zero-order valence-corrected chi connectivity index (χ0v) is 15.7. The molecule has 1 aromatic carbocycles. The number of benzene rings is 1. The lowest BCUT2D eigenvalue weighted by Gasteiger charge is -2.23. The monoisotopic (exact) mass is 380 g/mol. The third kappa shape index (κ3) is 4.58. The maximum atomic E-state index is 12.0. The first kappa shape index (κ1) is 17.9. The summed E-state index contributed by atoms with van der Waals surface area (Å²) in [4.78, 5) is 16.5. The molecule has 0 unspecified atom stereocenters. The smallest absolute Gasteiger partial charge is 0.258 e. The topological polar surface area (TPSA) is 85.4 Å². The van der Waals surface area contributed by atoms with Crippen LogP contribution in [0.2, 0.25) is 0 Å². The molecule has 0 saturated carbocycles. The third-order valence-electron chi connectivity index (χ3n) is 4.03. The van der Waals surface area contributed by atoms with Crippen molar-refractivity contribution < 1.29 is 17.9 Å². The molecule has 6 nitrogen and oxygen atoms in total. The van der Waals surface area contributed by atoms with Crippen molar-refractivity contribution in [2.24, 2.45) is 0 Å². The molecule has 0 radical (unpaired) electrons. The number of aryl methyl sites for hydroxylation is 1. The number of ether oxygens (including phenoxy) is 1. The van der Waals surface area contributed by atoms with Gasteiger partial charge in [-0.2, -0.15) is 0 Å². The lowest BCUT2D eigenvalue weighted by atomic mass is 10.0. The van der Waals surface area contributed by atoms with Gasteiger partial charge in [0.25, 0.3) is 5.91 Å². The van der Waals surface area contributed by atoms with Crippen molar-refractivity contribution in [1.82, 2.24) is 10.3 Å². The van der Waals surface area contributed by atoms with Crippen LogP contribution >= 0.6 is 11.3 Å². The number of amides is 1. The second kappa shape index (κ2) is 6.76. The summed E-state index contributed by atoms with van der Waals surface area (Å²) >= 11 is 1.58. The molecule has 1 aromatic heterocycles. The molecule has 1 fully saturated rings. The van der Waals surface area contributed by atoms with E-state index < -0.39 is 15.4 Å². The molecule has 1 aliphatic rings. The van der Waals surface area contributed by atoms with Gasteiger partial charge in [-0.1, -0.05) is 0 Å². The Hall–Kier alpha value is -1.93. The van der Waals surface area contributed by atoms with Gasteiger partial charge in [-0.25, -0.2) is 13.4 Å². The summed E-state index contributed by atoms with van der Waals surface area (Å²) in [5, 5.41) is 5.71. The minimum absolute atomic E-state index is 0.0202. The van der Waals surface area contributed by atoms with E-state index in [1.165, 1.54) is 0 Å². The molecule has 2 aromatic rings. The number of carbonyl (C=O) groups is 1. The van der Waals surface area contributed by atoms with Crippen molar-refractivity contribution in [3.8, 4) is 16.3 Å². The Morgan fingerprint density at radius 3 is 2.64 bits per heavy atom. The number of nitrogens with zero attached hydrogens (tertiary/aromatic N) is 1. The molecular formula is C17H20N2O4S2. The Kier molecular flexibility index (Phi) is 4.83. The van der Waals surface area contributed by atoms with E-state index in [2.05, 4.69) is 10.3 Å². The second-order valence-electron chi connectivity index (χ2n) is 6.56. The highest BCUT2D eigenvalue weighted by atomic mass is 32.2. The van der Waals surface area contributed by atoms with E-state index in [0.29, 0.717) is 12.2 Å². The molecule has 134 valence electrons. The second-order valence-corrected chi connectivity index (χ2v) is 9.60. The highest BCUT2D eigenvalue weighted by molar-refractivity contribution is 7.91. The third-order valence-corrected chi connectivity index (χ3v) is 6.95. The van der Waals surface area contributed by atoms with Crippen LogP contribution in [0.1, 0.15) is 19.0 Å². The molecule has 0 aliphatic carbocycles. The maximum absolute atomic E-state index is 12.0. The fraction of sp³-hybridized carbons (Fsp3) is 0.412. The largest absolute Gasteiger partial charge is 0.484 e. The Balaban J connectivity index is 1.54. The van der Waals surface area contributed by atoms with Crippen LogP contribution in [0.15, 0.2) is 29.6 Å². The predicted octanol–water partition coefficient (Wildman–Crippen LogP) is 2.19. The molecule has 8 heteroatoms. The van der Waals surface area contributed by atoms with Gasteiger partial charge in [0, 0.05) is 16.6 Å². The van der Waals surface area contributed by atoms with Gasteiger partial charge in [0.05, 0.1) is 17.0 Å². The lowest BCUT2D eigenvalue weighted by molar-refractivity contribution is -0.124. The number of nitrogens with one attached hydrogen (secondary N) is 1. The summed E-state index contributed by atoms with van der Waals surface area (Å²) in [5.41, 5.74) is 1.28. The average Bonchev–Trinajstić information content (AvgIpc) is 3.09. The van der Waals surface area contributed by atoms with Crippen LogP contribution in [-0.2, 0) is 14.6 Å². The molecule has 1 saturated heterocycles. The standard InChI is InChI=1S/C17H20N2O4S2/c1-12-10-24-16(18-12)13-3-5-14(6-4-13)23-9-15(20)19-17(2)7-8-25(21,22)11-17/h3-6,10H,7-9,11H2,1-2H3,(H,19,20)/t17-/m1/s1. The highest BCUT2D eigenvalue weighted by Gasteiger charge is 2.39. The molecule has 1 atom stereocenters. The quantitative estimate of drug-likeness (QED) is 0.859. The van der Waals surface area contributed by atoms with E-state index >= 15 is 0 Å². The van der Waals surface area contributed by atoms with Crippen molar-refractivity contribution in [2.75, 3.05) is 18.1 Å². The van der Waals surface area contributed by atoms with Crippen molar-refractivity contribution in [3.05, 3.63) is 35.3 Å². The van der Waals surface area contributed by atoms with Gasteiger partial charge in [-0.3, -0.25) is 4.79 Å². The SMILES string of the molecule is Cc1csc(-c2ccc(OCC(=O)N[C@]3(C)CCS(=O)(=O)C3)cc2)n1. The van der Waals surface area contributed by atoms with Crippen LogP contribution in [0.25, 0.3) is 10.6 Å². The molecule has 25 heavy (non-hydrogen) atoms. The molecule has 1 N–H and O–H groups in total. The zero-order valence-electron chi connectivity index (χ0n) is 14.1. The van der Waals surface area contributed by atoms with Gasteiger partial charge >= 0.3 is 0 Å². The van der Waals surface area contributed by atoms with Gasteiger partial charge in [0.15, 0.2) is 16.4 Å². The Bertz CT molecular complexity index is 874. The van der Waals surface area contributed by atoms with E-state index in [9.17, 15) is 13.2 Å². The summed E-state index contributed by atoms with van der Waals surface area (Å²) in [6.07, 6.45) is 0.434. The fourth-order valence-electron chi connectivity index (χ4n) is 2.81. The minimum Gasteiger partial charge on any atom is -0.484 e. The zero-order chi connectivity index (χ0) is 18.1. The van der Waals surface area contributed by atoms with Crippen LogP contribution in [0.3, 0.4) is 0 Å². The van der Waals surface area contributed by atoms with E-state index in [0.717, 1.165) is 16.3 Å². The Morgan fingerprint density at radius 2 is 2.08 bits per heavy atom. The lowest BCUT2D eigenvalue weighted by Crippen LogP contribution is -2.48. The van der Waals surface area contributed by atoms with Gasteiger partial charge < -0.3 is 10.1 Å². The van der Waals surface area contributed by atoms with Gasteiger partial charge in [-0.15, -0.1) is 11.3 Å². The predicted molar refractivity (Wildman–Crippen MR) is 97.6 cm³/mol. The van der Waals surface area contributed by atoms with Crippen LogP contribution in [0, 0.1) is 6.92 Å². The molecule has 0 bridgehead atoms. The molecule has 1 aliphatic heterocycles. The maximum Gasteiger partial charge on any atom is 0.258 e. The van der Waals surface area contributed by atoms with Crippen LogP contribution in [-0.4, -0.2) is 43.0 Å². The Morgan fingerprint density at radius 1 is 1.36 bits per heavy atom. The molecule has 1 amide bonds. The normalized spacial score (nSPS) is 21.8. The first-order valence-electron chi connectivity index (χ1n) is 7.92. The number of sulfone groups is 1. The number of rotatable bonds is 5. The average molecular weight is 380 g/mol. The van der Waals surface area contributed by atoms with Gasteiger partial charge in [0.1, 0.15) is 10.8 Å². The van der Waals surface area contributed by atoms with Crippen molar-refractivity contribution in [1.29, 1.82) is 0 Å². The van der Waals surface area contributed by atoms with Crippen LogP contribution in [0.4, 0.5) is 0 Å². The Labute approximate surface area is 151 Å². The summed E-state index contributed by atoms with van der Waals surface area (Å²) in [5.74, 6) is 0.353. The number of hydrogen-bond acceptors (Lipinski definition) is 6. The fourth-order valence-corrected chi connectivity index (χ4v) is 5.71.